The Bertz CT molecular complexity index is 185. The highest BCUT2D eigenvalue weighted by Gasteiger charge is 1.87. The van der Waals surface area contributed by atoms with Crippen LogP contribution in [0.15, 0.2) is 24.3 Å². The summed E-state index contributed by atoms with van der Waals surface area (Å²) < 4.78 is 0. The van der Waals surface area contributed by atoms with E-state index in [1.165, 1.54) is 0 Å². The third-order valence-corrected chi connectivity index (χ3v) is 1.48. The Hall–Kier alpha value is -1.09. The SMILES string of the molecule is C=C(/C=C\C(C)C)CNC=O.CC.CCNC. The number of nitrogens with one attached hydrogen (secondary N) is 2. The summed E-state index contributed by atoms with van der Waals surface area (Å²) in [7, 11) is 1.93. The van der Waals surface area contributed by atoms with Crippen LogP contribution in [0.5, 0.6) is 0 Å². The van der Waals surface area contributed by atoms with E-state index in [9.17, 15) is 4.79 Å². The molecule has 2 N–H and O–H groups in total. The van der Waals surface area contributed by atoms with Gasteiger partial charge in [-0.2, -0.15) is 0 Å². The first-order valence-electron chi connectivity index (χ1n) is 6.26. The summed E-state index contributed by atoms with van der Waals surface area (Å²) in [6, 6.07) is 0. The van der Waals surface area contributed by atoms with Crippen LogP contribution in [0.25, 0.3) is 0 Å². The van der Waals surface area contributed by atoms with E-state index >= 15 is 0 Å². The molecule has 0 radical (unpaired) electrons. The van der Waals surface area contributed by atoms with E-state index in [0.29, 0.717) is 18.9 Å². The second-order valence-electron chi connectivity index (χ2n) is 3.47. The molecule has 3 nitrogen and oxygen atoms in total. The van der Waals surface area contributed by atoms with Gasteiger partial charge in [0.1, 0.15) is 0 Å². The third kappa shape index (κ3) is 31.3. The second-order valence-corrected chi connectivity index (χ2v) is 3.47. The summed E-state index contributed by atoms with van der Waals surface area (Å²) in [4.78, 5) is 9.87. The van der Waals surface area contributed by atoms with Gasteiger partial charge in [-0.05, 0) is 25.1 Å². The fourth-order valence-corrected chi connectivity index (χ4v) is 0.560. The molecule has 0 aliphatic rings. The van der Waals surface area contributed by atoms with Crippen LogP contribution in [0.3, 0.4) is 0 Å². The van der Waals surface area contributed by atoms with Gasteiger partial charge < -0.3 is 10.6 Å². The molecule has 0 atom stereocenters. The Morgan fingerprint density at radius 3 is 2.12 bits per heavy atom. The van der Waals surface area contributed by atoms with E-state index in [1.807, 2.05) is 27.0 Å². The van der Waals surface area contributed by atoms with Gasteiger partial charge in [-0.3, -0.25) is 4.79 Å². The molecule has 0 spiro atoms. The molecular formula is C14H30N2O. The first-order valence-corrected chi connectivity index (χ1v) is 6.26. The average Bonchev–Trinajstić information content (AvgIpc) is 2.36. The molecule has 0 aromatic rings. The molecule has 0 unspecified atom stereocenters. The van der Waals surface area contributed by atoms with Crippen molar-refractivity contribution < 1.29 is 4.79 Å². The predicted molar refractivity (Wildman–Crippen MR) is 78.1 cm³/mol. The maximum atomic E-state index is 9.87. The van der Waals surface area contributed by atoms with E-state index in [2.05, 4.69) is 44.1 Å². The van der Waals surface area contributed by atoms with E-state index in [-0.39, 0.29) is 0 Å². The zero-order chi connectivity index (χ0) is 14.1. The van der Waals surface area contributed by atoms with E-state index in [1.54, 1.807) is 0 Å². The fourth-order valence-electron chi connectivity index (χ4n) is 0.560. The van der Waals surface area contributed by atoms with E-state index in [4.69, 9.17) is 0 Å². The monoisotopic (exact) mass is 242 g/mol. The molecule has 0 aromatic heterocycles. The summed E-state index contributed by atoms with van der Waals surface area (Å²) in [5, 5.41) is 5.47. The molecule has 0 aromatic carbocycles. The van der Waals surface area contributed by atoms with Crippen LogP contribution >= 0.6 is 0 Å². The molecule has 0 saturated heterocycles. The molecule has 0 fully saturated rings. The van der Waals surface area contributed by atoms with Crippen molar-refractivity contribution in [3.8, 4) is 0 Å². The van der Waals surface area contributed by atoms with Gasteiger partial charge in [0.15, 0.2) is 0 Å². The highest BCUT2D eigenvalue weighted by Crippen LogP contribution is 1.97. The molecule has 17 heavy (non-hydrogen) atoms. The number of amides is 1. The minimum Gasteiger partial charge on any atom is -0.355 e. The van der Waals surface area contributed by atoms with Crippen molar-refractivity contribution in [2.24, 2.45) is 5.92 Å². The Labute approximate surface area is 107 Å². The van der Waals surface area contributed by atoms with Crippen LogP contribution in [0, 0.1) is 5.92 Å². The van der Waals surface area contributed by atoms with Crippen molar-refractivity contribution in [3.63, 3.8) is 0 Å². The number of allylic oxidation sites excluding steroid dienone is 1. The molecule has 3 heteroatoms. The molecule has 102 valence electrons. The predicted octanol–water partition coefficient (Wildman–Crippen LogP) is 2.75. The maximum absolute atomic E-state index is 9.87. The van der Waals surface area contributed by atoms with Crippen molar-refractivity contribution in [1.82, 2.24) is 10.6 Å². The molecule has 0 aliphatic heterocycles. The average molecular weight is 242 g/mol. The Morgan fingerprint density at radius 1 is 1.35 bits per heavy atom. The van der Waals surface area contributed by atoms with E-state index < -0.39 is 0 Å². The highest BCUT2D eigenvalue weighted by atomic mass is 16.1. The molecular weight excluding hydrogens is 212 g/mol. The van der Waals surface area contributed by atoms with Crippen LogP contribution in [-0.4, -0.2) is 26.5 Å². The van der Waals surface area contributed by atoms with Gasteiger partial charge in [-0.15, -0.1) is 0 Å². The van der Waals surface area contributed by atoms with Crippen molar-refractivity contribution in [3.05, 3.63) is 24.3 Å². The quantitative estimate of drug-likeness (QED) is 0.555. The molecule has 0 saturated carbocycles. The smallest absolute Gasteiger partial charge is 0.207 e. The lowest BCUT2D eigenvalue weighted by atomic mass is 10.1. The van der Waals surface area contributed by atoms with Crippen molar-refractivity contribution in [2.45, 2.75) is 34.6 Å². The summed E-state index contributed by atoms with van der Waals surface area (Å²) in [5.74, 6) is 0.531. The van der Waals surface area contributed by atoms with Gasteiger partial charge in [0.05, 0.1) is 0 Å². The Morgan fingerprint density at radius 2 is 1.82 bits per heavy atom. The number of hydrogen-bond acceptors (Lipinski definition) is 2. The number of rotatable bonds is 6. The Kier molecular flexibility index (Phi) is 25.4. The van der Waals surface area contributed by atoms with Gasteiger partial charge in [-0.25, -0.2) is 0 Å². The van der Waals surface area contributed by atoms with Gasteiger partial charge in [0.25, 0.3) is 0 Å². The van der Waals surface area contributed by atoms with Crippen LogP contribution in [0.2, 0.25) is 0 Å². The molecule has 0 aliphatic carbocycles. The lowest BCUT2D eigenvalue weighted by Gasteiger charge is -1.98. The number of carbonyl (C=O) groups excluding carboxylic acids is 1. The van der Waals surface area contributed by atoms with Crippen LogP contribution in [-0.2, 0) is 4.79 Å². The summed E-state index contributed by atoms with van der Waals surface area (Å²) >= 11 is 0. The normalized spacial score (nSPS) is 8.88. The zero-order valence-corrected chi connectivity index (χ0v) is 12.3. The lowest BCUT2D eigenvalue weighted by Crippen LogP contribution is -2.12. The maximum Gasteiger partial charge on any atom is 0.207 e. The zero-order valence-electron chi connectivity index (χ0n) is 12.3. The van der Waals surface area contributed by atoms with Crippen LogP contribution in [0.4, 0.5) is 0 Å². The molecule has 0 heterocycles. The molecule has 0 bridgehead atoms. The van der Waals surface area contributed by atoms with Crippen molar-refractivity contribution in [1.29, 1.82) is 0 Å². The highest BCUT2D eigenvalue weighted by molar-refractivity contribution is 5.47. The summed E-state index contributed by atoms with van der Waals surface area (Å²) in [6.07, 6.45) is 4.66. The van der Waals surface area contributed by atoms with Crippen LogP contribution in [0.1, 0.15) is 34.6 Å². The topological polar surface area (TPSA) is 41.1 Å². The van der Waals surface area contributed by atoms with Crippen molar-refractivity contribution in [2.75, 3.05) is 20.1 Å². The minimum absolute atomic E-state index is 0.531. The van der Waals surface area contributed by atoms with Gasteiger partial charge in [-0.1, -0.05) is 53.3 Å². The first-order chi connectivity index (χ1) is 8.08. The number of carbonyl (C=O) groups is 1. The molecule has 0 rings (SSSR count). The minimum atomic E-state index is 0.531. The Balaban J connectivity index is -0.000000275. The largest absolute Gasteiger partial charge is 0.355 e. The third-order valence-electron chi connectivity index (χ3n) is 1.48. The van der Waals surface area contributed by atoms with Crippen LogP contribution < -0.4 is 10.6 Å². The second kappa shape index (κ2) is 20.3. The lowest BCUT2D eigenvalue weighted by molar-refractivity contribution is -0.109. The summed E-state index contributed by atoms with van der Waals surface area (Å²) in [6.45, 7) is 15.6. The fraction of sp³-hybridized carbons (Fsp3) is 0.643. The van der Waals surface area contributed by atoms with Gasteiger partial charge in [0, 0.05) is 6.54 Å². The summed E-state index contributed by atoms with van der Waals surface area (Å²) in [5.41, 5.74) is 0.922. The first kappa shape index (κ1) is 21.2. The number of hydrogen-bond donors (Lipinski definition) is 2. The van der Waals surface area contributed by atoms with Gasteiger partial charge in [0.2, 0.25) is 6.41 Å². The van der Waals surface area contributed by atoms with Crippen molar-refractivity contribution >= 4 is 6.41 Å². The van der Waals surface area contributed by atoms with Gasteiger partial charge >= 0.3 is 0 Å². The standard InChI is InChI=1S/C9H15NO.C3H9N.C2H6/c1-8(2)4-5-9(3)6-10-7-11;1-3-4-2;1-2/h4-5,7-8H,3,6H2,1-2H3,(H,10,11);4H,3H2,1-2H3;1-2H3/b5-4-;;. The molecule has 1 amide bonds. The van der Waals surface area contributed by atoms with E-state index in [0.717, 1.165) is 12.1 Å².